The standard InChI is InChI=1S/C26H31Cl2F4N5O5S2/c1-2-18(26(30,31)32)35-44(40,41)17-4-3-16(19(27)20(17)28)22-21(25(39)37-8-5-15(29)6-9-37)34-24(43-22)23(38)33-7-10-36-11-13-42-14-12-36/h3-4,15,18,35H,2,5-14H2,1H3,(H,33,38)/t18-/m0/s1. The van der Waals surface area contributed by atoms with Crippen LogP contribution in [0.2, 0.25) is 10.0 Å². The van der Waals surface area contributed by atoms with E-state index >= 15 is 0 Å². The van der Waals surface area contributed by atoms with Crippen LogP contribution in [0.25, 0.3) is 10.4 Å². The molecule has 3 heterocycles. The number of carbonyl (C=O) groups is 2. The molecule has 0 bridgehead atoms. The van der Waals surface area contributed by atoms with Crippen LogP contribution in [0.3, 0.4) is 0 Å². The molecule has 2 aliphatic heterocycles. The van der Waals surface area contributed by atoms with Gasteiger partial charge < -0.3 is 15.0 Å². The fourth-order valence-electron chi connectivity index (χ4n) is 4.72. The predicted octanol–water partition coefficient (Wildman–Crippen LogP) is 4.37. The number of carbonyl (C=O) groups excluding carboxylic acids is 2. The summed E-state index contributed by atoms with van der Waals surface area (Å²) >= 11 is 13.6. The van der Waals surface area contributed by atoms with Gasteiger partial charge in [-0.3, -0.25) is 14.5 Å². The molecule has 2 aromatic rings. The second kappa shape index (κ2) is 14.6. The van der Waals surface area contributed by atoms with Gasteiger partial charge in [-0.1, -0.05) is 36.2 Å². The summed E-state index contributed by atoms with van der Waals surface area (Å²) in [4.78, 5) is 33.8. The quantitative estimate of drug-likeness (QED) is 0.353. The highest BCUT2D eigenvalue weighted by Crippen LogP contribution is 2.42. The van der Waals surface area contributed by atoms with Crippen LogP contribution in [0.4, 0.5) is 17.6 Å². The number of piperidine rings is 1. The number of thiazole rings is 1. The molecule has 2 fully saturated rings. The number of aromatic nitrogens is 1. The van der Waals surface area contributed by atoms with E-state index in [0.29, 0.717) is 26.3 Å². The Kier molecular flexibility index (Phi) is 11.5. The van der Waals surface area contributed by atoms with Gasteiger partial charge in [0.15, 0.2) is 5.01 Å². The van der Waals surface area contributed by atoms with Gasteiger partial charge in [-0.05, 0) is 25.3 Å². The zero-order chi connectivity index (χ0) is 32.2. The molecular formula is C26H31Cl2F4N5O5S2. The van der Waals surface area contributed by atoms with Crippen molar-refractivity contribution < 1.29 is 40.3 Å². The highest BCUT2D eigenvalue weighted by Gasteiger charge is 2.41. The van der Waals surface area contributed by atoms with E-state index in [1.807, 2.05) is 0 Å². The Balaban J connectivity index is 1.66. The van der Waals surface area contributed by atoms with Gasteiger partial charge in [0.25, 0.3) is 11.8 Å². The lowest BCUT2D eigenvalue weighted by molar-refractivity contribution is -0.151. The van der Waals surface area contributed by atoms with Crippen LogP contribution in [0, 0.1) is 0 Å². The van der Waals surface area contributed by atoms with E-state index in [1.165, 1.54) is 17.9 Å². The number of ether oxygens (including phenoxy) is 1. The fourth-order valence-corrected chi connectivity index (χ4v) is 7.95. The first-order valence-electron chi connectivity index (χ1n) is 13.8. The van der Waals surface area contributed by atoms with Gasteiger partial charge >= 0.3 is 6.18 Å². The summed E-state index contributed by atoms with van der Waals surface area (Å²) in [6.07, 6.45) is -6.20. The second-order valence-corrected chi connectivity index (χ2v) is 13.7. The largest absolute Gasteiger partial charge is 0.404 e. The Hall–Kier alpha value is -2.08. The smallest absolute Gasteiger partial charge is 0.379 e. The van der Waals surface area contributed by atoms with Crippen molar-refractivity contribution in [3.8, 4) is 10.4 Å². The van der Waals surface area contributed by atoms with E-state index in [2.05, 4.69) is 15.2 Å². The summed E-state index contributed by atoms with van der Waals surface area (Å²) in [7, 11) is -4.77. The number of rotatable bonds is 10. The van der Waals surface area contributed by atoms with Gasteiger partial charge in [0.2, 0.25) is 10.0 Å². The Morgan fingerprint density at radius 3 is 2.41 bits per heavy atom. The molecule has 2 saturated heterocycles. The van der Waals surface area contributed by atoms with Crippen LogP contribution >= 0.6 is 34.5 Å². The zero-order valence-corrected chi connectivity index (χ0v) is 26.7. The maximum atomic E-state index is 13.8. The number of nitrogens with one attached hydrogen (secondary N) is 2. The third-order valence-corrected chi connectivity index (χ3v) is 10.8. The summed E-state index contributed by atoms with van der Waals surface area (Å²) in [5.41, 5.74) is -0.118. The lowest BCUT2D eigenvalue weighted by atomic mass is 10.1. The van der Waals surface area contributed by atoms with Gasteiger partial charge in [-0.25, -0.2) is 17.8 Å². The fraction of sp³-hybridized carbons (Fsp3) is 0.577. The highest BCUT2D eigenvalue weighted by atomic mass is 35.5. The van der Waals surface area contributed by atoms with Crippen LogP contribution in [0.1, 0.15) is 46.5 Å². The van der Waals surface area contributed by atoms with Gasteiger partial charge in [-0.15, -0.1) is 11.3 Å². The molecule has 4 rings (SSSR count). The van der Waals surface area contributed by atoms with E-state index in [9.17, 15) is 35.6 Å². The normalized spacial score (nSPS) is 17.9. The first kappa shape index (κ1) is 34.8. The molecule has 2 amide bonds. The van der Waals surface area contributed by atoms with Crippen molar-refractivity contribution in [2.24, 2.45) is 0 Å². The highest BCUT2D eigenvalue weighted by molar-refractivity contribution is 7.89. The maximum Gasteiger partial charge on any atom is 0.404 e. The van der Waals surface area contributed by atoms with Crippen molar-refractivity contribution in [2.45, 2.75) is 49.5 Å². The van der Waals surface area contributed by atoms with Crippen molar-refractivity contribution in [3.05, 3.63) is 32.9 Å². The molecule has 0 aliphatic carbocycles. The molecule has 2 aliphatic rings. The summed E-state index contributed by atoms with van der Waals surface area (Å²) < 4.78 is 86.3. The third-order valence-electron chi connectivity index (χ3n) is 7.23. The molecule has 0 unspecified atom stereocenters. The van der Waals surface area contributed by atoms with Crippen LogP contribution in [-0.4, -0.2) is 106 Å². The molecule has 1 aromatic carbocycles. The maximum absolute atomic E-state index is 13.8. The topological polar surface area (TPSA) is 121 Å². The van der Waals surface area contributed by atoms with E-state index in [4.69, 9.17) is 27.9 Å². The van der Waals surface area contributed by atoms with Crippen molar-refractivity contribution in [1.29, 1.82) is 0 Å². The summed E-state index contributed by atoms with van der Waals surface area (Å²) in [6.45, 7) is 4.90. The van der Waals surface area contributed by atoms with Gasteiger partial charge in [0, 0.05) is 44.8 Å². The van der Waals surface area contributed by atoms with Crippen molar-refractivity contribution >= 4 is 56.4 Å². The van der Waals surface area contributed by atoms with E-state index < -0.39 is 56.6 Å². The van der Waals surface area contributed by atoms with Gasteiger partial charge in [0.1, 0.15) is 22.8 Å². The molecule has 0 saturated carbocycles. The Morgan fingerprint density at radius 1 is 1.14 bits per heavy atom. The summed E-state index contributed by atoms with van der Waals surface area (Å²) in [5, 5.41) is 1.75. The molecule has 1 aromatic heterocycles. The molecule has 0 spiro atoms. The zero-order valence-electron chi connectivity index (χ0n) is 23.6. The van der Waals surface area contributed by atoms with E-state index in [1.54, 1.807) is 4.72 Å². The van der Waals surface area contributed by atoms with Crippen LogP contribution < -0.4 is 10.0 Å². The molecule has 1 atom stereocenters. The minimum atomic E-state index is -4.84. The van der Waals surface area contributed by atoms with Crippen LogP contribution in [0.5, 0.6) is 0 Å². The molecule has 18 heteroatoms. The Morgan fingerprint density at radius 2 is 1.80 bits per heavy atom. The first-order chi connectivity index (χ1) is 20.7. The lowest BCUT2D eigenvalue weighted by Crippen LogP contribution is -2.44. The SMILES string of the molecule is CC[C@H](NS(=O)(=O)c1ccc(-c2sc(C(=O)NCCN3CCOCC3)nc2C(=O)N2CCC(F)CC2)c(Cl)c1Cl)C(F)(F)F. The molecule has 2 N–H and O–H groups in total. The molecule has 44 heavy (non-hydrogen) atoms. The van der Waals surface area contributed by atoms with Crippen LogP contribution in [-0.2, 0) is 14.8 Å². The Bertz CT molecular complexity index is 1460. The second-order valence-electron chi connectivity index (χ2n) is 10.2. The summed E-state index contributed by atoms with van der Waals surface area (Å²) in [5.74, 6) is -1.15. The molecule has 244 valence electrons. The predicted molar refractivity (Wildman–Crippen MR) is 158 cm³/mol. The Labute approximate surface area is 266 Å². The minimum Gasteiger partial charge on any atom is -0.379 e. The van der Waals surface area contributed by atoms with E-state index in [-0.39, 0.29) is 52.1 Å². The number of alkyl halides is 4. The lowest BCUT2D eigenvalue weighted by Gasteiger charge is -2.28. The molecule has 10 nitrogen and oxygen atoms in total. The number of nitrogens with zero attached hydrogens (tertiary/aromatic N) is 3. The van der Waals surface area contributed by atoms with Crippen LogP contribution in [0.15, 0.2) is 17.0 Å². The number of amides is 2. The number of morpholine rings is 1. The van der Waals surface area contributed by atoms with Crippen molar-refractivity contribution in [2.75, 3.05) is 52.5 Å². The number of likely N-dealkylation sites (tertiary alicyclic amines) is 1. The average Bonchev–Trinajstić information content (AvgIpc) is 3.42. The van der Waals surface area contributed by atoms with Gasteiger partial charge in [-0.2, -0.15) is 17.9 Å². The molecular weight excluding hydrogens is 673 g/mol. The monoisotopic (exact) mass is 703 g/mol. The van der Waals surface area contributed by atoms with E-state index in [0.717, 1.165) is 30.5 Å². The first-order valence-corrected chi connectivity index (χ1v) is 16.9. The average molecular weight is 705 g/mol. The number of halogens is 6. The minimum absolute atomic E-state index is 0.0482. The molecule has 0 radical (unpaired) electrons. The number of hydrogen-bond acceptors (Lipinski definition) is 8. The van der Waals surface area contributed by atoms with Crippen molar-refractivity contribution in [1.82, 2.24) is 24.8 Å². The van der Waals surface area contributed by atoms with Crippen molar-refractivity contribution in [3.63, 3.8) is 0 Å². The summed E-state index contributed by atoms with van der Waals surface area (Å²) in [6, 6.07) is -0.194. The van der Waals surface area contributed by atoms with Gasteiger partial charge in [0.05, 0.1) is 28.1 Å². The number of hydrogen-bond donors (Lipinski definition) is 2. The number of benzene rings is 1. The number of sulfonamides is 1. The third kappa shape index (κ3) is 8.19.